The number of hydrogen-bond acceptors (Lipinski definition) is 7. The number of carboxylic acids is 3. The van der Waals surface area contributed by atoms with E-state index in [0.717, 1.165) is 0 Å². The second kappa shape index (κ2) is 17.7. The van der Waals surface area contributed by atoms with Crippen LogP contribution < -0.4 is 21.3 Å². The van der Waals surface area contributed by atoms with Crippen LogP contribution in [0.1, 0.15) is 77.6 Å². The van der Waals surface area contributed by atoms with Crippen LogP contribution in [0.15, 0.2) is 0 Å². The molecule has 7 N–H and O–H groups in total. The third kappa shape index (κ3) is 14.1. The zero-order valence-corrected chi connectivity index (χ0v) is 22.2. The van der Waals surface area contributed by atoms with Crippen molar-refractivity contribution in [3.05, 3.63) is 0 Å². The number of likely N-dealkylation sites (N-methyl/N-ethyl adjacent to an activating group) is 1. The topological polar surface area (TPSA) is 228 Å². The Morgan fingerprint density at radius 1 is 0.718 bits per heavy atom. The van der Waals surface area contributed by atoms with Crippen molar-refractivity contribution < 1.29 is 48.9 Å². The van der Waals surface area contributed by atoms with Crippen molar-refractivity contribution in [3.63, 3.8) is 0 Å². The highest BCUT2D eigenvalue weighted by atomic mass is 16.4. The van der Waals surface area contributed by atoms with Crippen molar-refractivity contribution in [1.29, 1.82) is 0 Å². The minimum Gasteiger partial charge on any atom is -0.481 e. The quantitative estimate of drug-likeness (QED) is 0.119. The summed E-state index contributed by atoms with van der Waals surface area (Å²) in [5, 5.41) is 37.2. The molecule has 0 heterocycles. The van der Waals surface area contributed by atoms with E-state index in [1.54, 1.807) is 6.92 Å². The van der Waals surface area contributed by atoms with Crippen LogP contribution in [0.3, 0.4) is 0 Å². The molecule has 1 aliphatic carbocycles. The first-order valence-electron chi connectivity index (χ1n) is 13.2. The standard InChI is InChI=1S/C25H40N4O10/c1-2-26-24(37)17(11-13-22(34)35)28-20(31)12-10-18(25(38)39)29-23(36)16-8-6-15(7-9-16)14-27-19(30)4-3-5-21(32)33/h15-18H,2-14H2,1H3,(H,26,37)(H,27,30)(H,28,31)(H,29,36)(H,32,33)(H,34,35)(H,38,39). The fourth-order valence-corrected chi connectivity index (χ4v) is 4.30. The summed E-state index contributed by atoms with van der Waals surface area (Å²) in [5.74, 6) is -5.45. The van der Waals surface area contributed by atoms with E-state index in [-0.39, 0.29) is 63.3 Å². The summed E-state index contributed by atoms with van der Waals surface area (Å²) in [6, 6.07) is -2.39. The molecular weight excluding hydrogens is 516 g/mol. The van der Waals surface area contributed by atoms with E-state index < -0.39 is 53.6 Å². The molecule has 0 aromatic rings. The largest absolute Gasteiger partial charge is 0.481 e. The molecule has 2 atom stereocenters. The van der Waals surface area contributed by atoms with E-state index in [4.69, 9.17) is 10.2 Å². The van der Waals surface area contributed by atoms with E-state index in [9.17, 15) is 38.7 Å². The van der Waals surface area contributed by atoms with Crippen molar-refractivity contribution in [2.45, 2.75) is 89.6 Å². The molecular formula is C25H40N4O10. The molecule has 0 bridgehead atoms. The fourth-order valence-electron chi connectivity index (χ4n) is 4.30. The molecule has 1 aliphatic rings. The van der Waals surface area contributed by atoms with Gasteiger partial charge in [-0.25, -0.2) is 4.79 Å². The maximum absolute atomic E-state index is 12.7. The Bertz CT molecular complexity index is 886. The molecule has 0 aromatic carbocycles. The molecule has 2 unspecified atom stereocenters. The SMILES string of the molecule is CCNC(=O)C(CCC(=O)O)NC(=O)CCC(NC(=O)C1CCC(CNC(=O)CCCC(=O)O)CC1)C(=O)O. The minimum absolute atomic E-state index is 0.0704. The number of amides is 4. The van der Waals surface area contributed by atoms with Crippen molar-refractivity contribution in [2.24, 2.45) is 11.8 Å². The van der Waals surface area contributed by atoms with Gasteiger partial charge in [-0.3, -0.25) is 28.8 Å². The van der Waals surface area contributed by atoms with E-state index >= 15 is 0 Å². The molecule has 220 valence electrons. The predicted octanol–water partition coefficient (Wildman–Crippen LogP) is -0.000800. The molecule has 0 aromatic heterocycles. The Labute approximate surface area is 226 Å². The first kappa shape index (κ1) is 33.3. The number of nitrogens with one attached hydrogen (secondary N) is 4. The molecule has 0 radical (unpaired) electrons. The van der Waals surface area contributed by atoms with Gasteiger partial charge in [-0.2, -0.15) is 0 Å². The molecule has 0 aliphatic heterocycles. The molecule has 14 nitrogen and oxygen atoms in total. The lowest BCUT2D eigenvalue weighted by Crippen LogP contribution is -2.48. The van der Waals surface area contributed by atoms with E-state index in [2.05, 4.69) is 21.3 Å². The van der Waals surface area contributed by atoms with Crippen molar-refractivity contribution in [3.8, 4) is 0 Å². The van der Waals surface area contributed by atoms with E-state index in [0.29, 0.717) is 32.2 Å². The number of hydrogen-bond donors (Lipinski definition) is 7. The molecule has 1 saturated carbocycles. The Morgan fingerprint density at radius 2 is 1.33 bits per heavy atom. The zero-order chi connectivity index (χ0) is 29.4. The highest BCUT2D eigenvalue weighted by Crippen LogP contribution is 2.28. The fraction of sp³-hybridized carbons (Fsp3) is 0.720. The summed E-state index contributed by atoms with van der Waals surface area (Å²) in [5.41, 5.74) is 0. The Morgan fingerprint density at radius 3 is 1.90 bits per heavy atom. The van der Waals surface area contributed by atoms with Gasteiger partial charge in [-0.15, -0.1) is 0 Å². The average molecular weight is 557 g/mol. The zero-order valence-electron chi connectivity index (χ0n) is 22.2. The first-order chi connectivity index (χ1) is 18.4. The van der Waals surface area contributed by atoms with Crippen LogP contribution >= 0.6 is 0 Å². The molecule has 1 fully saturated rings. The van der Waals surface area contributed by atoms with Gasteiger partial charge in [0.05, 0.1) is 0 Å². The monoisotopic (exact) mass is 556 g/mol. The maximum atomic E-state index is 12.7. The third-order valence-corrected chi connectivity index (χ3v) is 6.52. The van der Waals surface area contributed by atoms with Gasteiger partial charge in [0.1, 0.15) is 12.1 Å². The maximum Gasteiger partial charge on any atom is 0.326 e. The second-order valence-corrected chi connectivity index (χ2v) is 9.65. The lowest BCUT2D eigenvalue weighted by Gasteiger charge is -2.28. The van der Waals surface area contributed by atoms with Crippen molar-refractivity contribution in [2.75, 3.05) is 13.1 Å². The summed E-state index contributed by atoms with van der Waals surface area (Å²) < 4.78 is 0. The van der Waals surface area contributed by atoms with Gasteiger partial charge in [0.2, 0.25) is 23.6 Å². The normalized spacial score (nSPS) is 18.2. The van der Waals surface area contributed by atoms with Crippen LogP contribution in [0.5, 0.6) is 0 Å². The molecule has 4 amide bonds. The highest BCUT2D eigenvalue weighted by Gasteiger charge is 2.30. The van der Waals surface area contributed by atoms with Crippen LogP contribution in [-0.2, 0) is 33.6 Å². The number of carboxylic acid groups (broad SMARTS) is 3. The summed E-state index contributed by atoms with van der Waals surface area (Å²) >= 11 is 0. The average Bonchev–Trinajstić information content (AvgIpc) is 2.87. The van der Waals surface area contributed by atoms with Crippen LogP contribution in [0, 0.1) is 11.8 Å². The highest BCUT2D eigenvalue weighted by molar-refractivity contribution is 5.89. The van der Waals surface area contributed by atoms with Gasteiger partial charge in [0.25, 0.3) is 0 Å². The summed E-state index contributed by atoms with van der Waals surface area (Å²) in [6.07, 6.45) is 1.70. The molecule has 0 saturated heterocycles. The minimum atomic E-state index is -1.31. The number of carbonyl (C=O) groups is 7. The Hall–Kier alpha value is -3.71. The van der Waals surface area contributed by atoms with Gasteiger partial charge >= 0.3 is 17.9 Å². The van der Waals surface area contributed by atoms with Crippen LogP contribution in [-0.4, -0.2) is 82.0 Å². The summed E-state index contributed by atoms with van der Waals surface area (Å²) in [4.78, 5) is 82.0. The van der Waals surface area contributed by atoms with Gasteiger partial charge in [0, 0.05) is 44.7 Å². The molecule has 14 heteroatoms. The van der Waals surface area contributed by atoms with E-state index in [1.165, 1.54) is 0 Å². The van der Waals surface area contributed by atoms with Crippen LogP contribution in [0.25, 0.3) is 0 Å². The third-order valence-electron chi connectivity index (χ3n) is 6.52. The lowest BCUT2D eigenvalue weighted by molar-refractivity contribution is -0.143. The Kier molecular flexibility index (Phi) is 15.2. The smallest absolute Gasteiger partial charge is 0.326 e. The van der Waals surface area contributed by atoms with Gasteiger partial charge in [-0.1, -0.05) is 0 Å². The molecule has 39 heavy (non-hydrogen) atoms. The van der Waals surface area contributed by atoms with Crippen LogP contribution in [0.4, 0.5) is 0 Å². The summed E-state index contributed by atoms with van der Waals surface area (Å²) in [6.45, 7) is 2.39. The van der Waals surface area contributed by atoms with Gasteiger partial charge < -0.3 is 36.6 Å². The lowest BCUT2D eigenvalue weighted by atomic mass is 9.81. The van der Waals surface area contributed by atoms with Crippen molar-refractivity contribution in [1.82, 2.24) is 21.3 Å². The first-order valence-corrected chi connectivity index (χ1v) is 13.2. The predicted molar refractivity (Wildman–Crippen MR) is 136 cm³/mol. The summed E-state index contributed by atoms with van der Waals surface area (Å²) in [7, 11) is 0. The van der Waals surface area contributed by atoms with Crippen LogP contribution in [0.2, 0.25) is 0 Å². The Balaban J connectivity index is 2.48. The van der Waals surface area contributed by atoms with Gasteiger partial charge in [-0.05, 0) is 57.8 Å². The number of aliphatic carboxylic acids is 3. The second-order valence-electron chi connectivity index (χ2n) is 9.65. The molecule has 1 rings (SSSR count). The van der Waals surface area contributed by atoms with Gasteiger partial charge in [0.15, 0.2) is 0 Å². The number of rotatable bonds is 18. The van der Waals surface area contributed by atoms with E-state index in [1.807, 2.05) is 0 Å². The number of carbonyl (C=O) groups excluding carboxylic acids is 4. The molecule has 0 spiro atoms. The van der Waals surface area contributed by atoms with Crippen molar-refractivity contribution >= 4 is 41.5 Å².